The van der Waals surface area contributed by atoms with Crippen molar-refractivity contribution < 1.29 is 28.9 Å². The molecule has 7 heteroatoms. The summed E-state index contributed by atoms with van der Waals surface area (Å²) in [6.45, 7) is -0.179. The van der Waals surface area contributed by atoms with Gasteiger partial charge in [0.25, 0.3) is 0 Å². The molecule has 7 nitrogen and oxygen atoms in total. The molecule has 0 aliphatic rings. The first-order chi connectivity index (χ1) is 13.1. The lowest BCUT2D eigenvalue weighted by Crippen LogP contribution is -2.27. The second-order valence-corrected chi connectivity index (χ2v) is 5.68. The molecule has 1 amide bonds. The van der Waals surface area contributed by atoms with E-state index in [1.807, 2.05) is 30.3 Å². The number of benzene rings is 2. The quantitative estimate of drug-likeness (QED) is 0.656. The highest BCUT2D eigenvalue weighted by Gasteiger charge is 2.16. The molecule has 0 spiro atoms. The normalized spacial score (nSPS) is 10.2. The Bertz CT molecular complexity index is 776. The molecule has 0 saturated heterocycles. The van der Waals surface area contributed by atoms with Crippen LogP contribution in [0.3, 0.4) is 0 Å². The Morgan fingerprint density at radius 2 is 1.70 bits per heavy atom. The van der Waals surface area contributed by atoms with Crippen LogP contribution < -0.4 is 14.8 Å². The molecular formula is C20H23NO6. The Morgan fingerprint density at radius 1 is 1.04 bits per heavy atom. The van der Waals surface area contributed by atoms with Gasteiger partial charge in [-0.05, 0) is 29.7 Å². The Hall–Kier alpha value is -3.06. The number of carbonyl (C=O) groups excluding carboxylic acids is 2. The molecule has 2 aromatic carbocycles. The number of ether oxygens (including phenoxy) is 3. The molecule has 0 aliphatic heterocycles. The van der Waals surface area contributed by atoms with Crippen LogP contribution in [0.1, 0.15) is 21.5 Å². The lowest BCUT2D eigenvalue weighted by Gasteiger charge is -2.14. The third-order valence-electron chi connectivity index (χ3n) is 3.93. The third kappa shape index (κ3) is 5.72. The first-order valence-corrected chi connectivity index (χ1v) is 8.42. The zero-order chi connectivity index (χ0) is 19.6. The number of nitrogens with one attached hydrogen (secondary N) is 1. The number of methoxy groups -OCH3 is 2. The predicted octanol–water partition coefficient (Wildman–Crippen LogP) is 2.35. The van der Waals surface area contributed by atoms with Gasteiger partial charge in [0.1, 0.15) is 13.2 Å². The van der Waals surface area contributed by atoms with Gasteiger partial charge in [-0.15, -0.1) is 0 Å². The number of hydrogen-bond acceptors (Lipinski definition) is 6. The van der Waals surface area contributed by atoms with Gasteiger partial charge in [0.15, 0.2) is 17.3 Å². The molecule has 0 bridgehead atoms. The number of alkyl carbamates (subject to hydrolysis) is 1. The van der Waals surface area contributed by atoms with Crippen molar-refractivity contribution in [2.75, 3.05) is 27.4 Å². The molecular weight excluding hydrogens is 350 g/mol. The fraction of sp³-hybridized carbons (Fsp3) is 0.300. The van der Waals surface area contributed by atoms with Crippen LogP contribution in [0.2, 0.25) is 0 Å². The Kier molecular flexibility index (Phi) is 7.63. The van der Waals surface area contributed by atoms with Crippen LogP contribution in [0.15, 0.2) is 42.5 Å². The summed E-state index contributed by atoms with van der Waals surface area (Å²) in [6.07, 6.45) is -0.184. The van der Waals surface area contributed by atoms with Gasteiger partial charge in [0.2, 0.25) is 0 Å². The van der Waals surface area contributed by atoms with Crippen LogP contribution >= 0.6 is 0 Å². The van der Waals surface area contributed by atoms with Crippen molar-refractivity contribution in [2.24, 2.45) is 0 Å². The molecule has 2 N–H and O–H groups in total. The van der Waals surface area contributed by atoms with E-state index in [-0.39, 0.29) is 13.2 Å². The number of hydrogen-bond donors (Lipinski definition) is 2. The standard InChI is InChI=1S/C20H23NO6/c1-25-18-10-15(16(17(23)12-22)11-19(18)26-2)8-9-21-20(24)27-13-14-6-4-3-5-7-14/h3-7,10-11,22H,8-9,12-13H2,1-2H3,(H,21,24). The van der Waals surface area contributed by atoms with Crippen LogP contribution in [-0.4, -0.2) is 44.4 Å². The molecule has 0 atom stereocenters. The van der Waals surface area contributed by atoms with Crippen molar-refractivity contribution in [3.05, 3.63) is 59.2 Å². The van der Waals surface area contributed by atoms with Gasteiger partial charge in [-0.3, -0.25) is 4.79 Å². The number of amides is 1. The van der Waals surface area contributed by atoms with E-state index in [1.54, 1.807) is 6.07 Å². The van der Waals surface area contributed by atoms with Crippen LogP contribution in [0.25, 0.3) is 0 Å². The molecule has 0 radical (unpaired) electrons. The van der Waals surface area contributed by atoms with Crippen molar-refractivity contribution in [3.63, 3.8) is 0 Å². The van der Waals surface area contributed by atoms with E-state index >= 15 is 0 Å². The number of rotatable bonds is 9. The minimum absolute atomic E-state index is 0.178. The molecule has 2 rings (SSSR count). The lowest BCUT2D eigenvalue weighted by atomic mass is 10.00. The highest BCUT2D eigenvalue weighted by atomic mass is 16.5. The van der Waals surface area contributed by atoms with Gasteiger partial charge >= 0.3 is 6.09 Å². The third-order valence-corrected chi connectivity index (χ3v) is 3.93. The molecule has 0 fully saturated rings. The number of carbonyl (C=O) groups is 2. The Labute approximate surface area is 157 Å². The highest BCUT2D eigenvalue weighted by Crippen LogP contribution is 2.31. The van der Waals surface area contributed by atoms with Crippen LogP contribution in [0.5, 0.6) is 11.5 Å². The summed E-state index contributed by atoms with van der Waals surface area (Å²) in [4.78, 5) is 23.8. The molecule has 0 saturated carbocycles. The molecule has 27 heavy (non-hydrogen) atoms. The maximum Gasteiger partial charge on any atom is 0.407 e. The summed E-state index contributed by atoms with van der Waals surface area (Å²) >= 11 is 0. The lowest BCUT2D eigenvalue weighted by molar-refractivity contribution is 0.0902. The van der Waals surface area contributed by atoms with Gasteiger partial charge in [-0.1, -0.05) is 30.3 Å². The maximum atomic E-state index is 12.0. The monoisotopic (exact) mass is 373 g/mol. The van der Waals surface area contributed by atoms with Crippen molar-refractivity contribution in [1.82, 2.24) is 5.32 Å². The van der Waals surface area contributed by atoms with E-state index in [9.17, 15) is 14.7 Å². The zero-order valence-corrected chi connectivity index (χ0v) is 15.4. The second-order valence-electron chi connectivity index (χ2n) is 5.68. The van der Waals surface area contributed by atoms with Gasteiger partial charge in [-0.2, -0.15) is 0 Å². The molecule has 0 aliphatic carbocycles. The molecule has 0 heterocycles. The average molecular weight is 373 g/mol. The summed E-state index contributed by atoms with van der Waals surface area (Å²) in [6, 6.07) is 12.5. The number of ketones is 1. The van der Waals surface area contributed by atoms with Gasteiger partial charge in [0.05, 0.1) is 14.2 Å². The molecule has 144 valence electrons. The molecule has 0 unspecified atom stereocenters. The van der Waals surface area contributed by atoms with Crippen molar-refractivity contribution in [2.45, 2.75) is 13.0 Å². The summed E-state index contributed by atoms with van der Waals surface area (Å²) in [5.74, 6) is 0.430. The van der Waals surface area contributed by atoms with Crippen molar-refractivity contribution in [1.29, 1.82) is 0 Å². The van der Waals surface area contributed by atoms with E-state index in [4.69, 9.17) is 14.2 Å². The maximum absolute atomic E-state index is 12.0. The highest BCUT2D eigenvalue weighted by molar-refractivity contribution is 5.99. The van der Waals surface area contributed by atoms with E-state index in [1.165, 1.54) is 20.3 Å². The topological polar surface area (TPSA) is 94.1 Å². The Morgan fingerprint density at radius 3 is 2.33 bits per heavy atom. The fourth-order valence-corrected chi connectivity index (χ4v) is 2.55. The van der Waals surface area contributed by atoms with Crippen LogP contribution in [-0.2, 0) is 17.8 Å². The number of aliphatic hydroxyl groups is 1. The largest absolute Gasteiger partial charge is 0.493 e. The summed E-state index contributed by atoms with van der Waals surface area (Å²) in [5, 5.41) is 11.8. The SMILES string of the molecule is COc1cc(CCNC(=O)OCc2ccccc2)c(C(=O)CO)cc1OC. The number of Topliss-reactive ketones (excluding diaryl/α,β-unsaturated/α-hetero) is 1. The van der Waals surface area contributed by atoms with E-state index in [0.29, 0.717) is 29.0 Å². The minimum Gasteiger partial charge on any atom is -0.493 e. The second kappa shape index (κ2) is 10.2. The van der Waals surface area contributed by atoms with E-state index in [0.717, 1.165) is 5.56 Å². The minimum atomic E-state index is -0.616. The van der Waals surface area contributed by atoms with Gasteiger partial charge < -0.3 is 24.6 Å². The van der Waals surface area contributed by atoms with Gasteiger partial charge in [0, 0.05) is 12.1 Å². The van der Waals surface area contributed by atoms with Crippen LogP contribution in [0, 0.1) is 0 Å². The first kappa shape index (κ1) is 20.3. The van der Waals surface area contributed by atoms with Crippen LogP contribution in [0.4, 0.5) is 4.79 Å². The van der Waals surface area contributed by atoms with Crippen molar-refractivity contribution in [3.8, 4) is 11.5 Å². The number of aliphatic hydroxyl groups excluding tert-OH is 1. The van der Waals surface area contributed by atoms with E-state index < -0.39 is 18.5 Å². The van der Waals surface area contributed by atoms with Crippen molar-refractivity contribution >= 4 is 11.9 Å². The van der Waals surface area contributed by atoms with Gasteiger partial charge in [-0.25, -0.2) is 4.79 Å². The molecule has 2 aromatic rings. The smallest absolute Gasteiger partial charge is 0.407 e. The van der Waals surface area contributed by atoms with E-state index in [2.05, 4.69) is 5.32 Å². The zero-order valence-electron chi connectivity index (χ0n) is 15.4. The summed E-state index contributed by atoms with van der Waals surface area (Å²) in [7, 11) is 2.96. The Balaban J connectivity index is 1.97. The summed E-state index contributed by atoms with van der Waals surface area (Å²) in [5.41, 5.74) is 1.85. The molecule has 0 aromatic heterocycles. The average Bonchev–Trinajstić information content (AvgIpc) is 2.71. The first-order valence-electron chi connectivity index (χ1n) is 8.42. The predicted molar refractivity (Wildman–Crippen MR) is 99.3 cm³/mol. The fourth-order valence-electron chi connectivity index (χ4n) is 2.55. The summed E-state index contributed by atoms with van der Waals surface area (Å²) < 4.78 is 15.6.